The normalized spacial score (nSPS) is 9.71. The van der Waals surface area contributed by atoms with E-state index in [0.717, 1.165) is 0 Å². The quantitative estimate of drug-likeness (QED) is 0.505. The van der Waals surface area contributed by atoms with Crippen LogP contribution in [0.1, 0.15) is 104 Å². The van der Waals surface area contributed by atoms with Gasteiger partial charge in [0.25, 0.3) is 0 Å². The summed E-state index contributed by atoms with van der Waals surface area (Å²) in [6.45, 7) is 31.1. The first kappa shape index (κ1) is 36.7. The van der Waals surface area contributed by atoms with Crippen LogP contribution in [0.15, 0.2) is 60.7 Å². The van der Waals surface area contributed by atoms with Gasteiger partial charge >= 0.3 is 0 Å². The molecule has 0 atom stereocenters. The Hall–Kier alpha value is -2.22. The van der Waals surface area contributed by atoms with Gasteiger partial charge in [0.05, 0.1) is 0 Å². The minimum Gasteiger partial charge on any atom is -0.289 e. The van der Waals surface area contributed by atoms with Gasteiger partial charge in [-0.25, -0.2) is 0 Å². The van der Waals surface area contributed by atoms with Crippen LogP contribution in [0.5, 0.6) is 0 Å². The number of hydrogen-bond donors (Lipinski definition) is 0. The smallest absolute Gasteiger partial charge is 0.194 e. The molecule has 0 bridgehead atoms. The fourth-order valence-electron chi connectivity index (χ4n) is 1.82. The molecule has 0 N–H and O–H groups in total. The molecule has 162 valence electrons. The van der Waals surface area contributed by atoms with Gasteiger partial charge in [0.1, 0.15) is 0 Å². The summed E-state index contributed by atoms with van der Waals surface area (Å²) in [6.07, 6.45) is 2.82. The Kier molecular flexibility index (Phi) is 38.7. The van der Waals surface area contributed by atoms with E-state index < -0.39 is 0 Å². The lowest BCUT2D eigenvalue weighted by Gasteiger charge is -2.16. The summed E-state index contributed by atoms with van der Waals surface area (Å²) < 4.78 is 0. The minimum absolute atomic E-state index is 0.167. The molecule has 28 heavy (non-hydrogen) atoms. The maximum Gasteiger partial charge on any atom is 0.194 e. The van der Waals surface area contributed by atoms with Gasteiger partial charge in [-0.3, -0.25) is 9.59 Å². The monoisotopic (exact) mass is 390 g/mol. The second-order valence-corrected chi connectivity index (χ2v) is 3.44. The zero-order valence-corrected chi connectivity index (χ0v) is 20.7. The van der Waals surface area contributed by atoms with Gasteiger partial charge in [0, 0.05) is 22.3 Å². The predicted molar refractivity (Wildman–Crippen MR) is 131 cm³/mol. The Bertz CT molecular complexity index is 500. The van der Waals surface area contributed by atoms with Crippen molar-refractivity contribution in [3.8, 4) is 0 Å². The lowest BCUT2D eigenvalue weighted by Crippen LogP contribution is -2.20. The highest BCUT2D eigenvalue weighted by Gasteiger charge is 2.28. The van der Waals surface area contributed by atoms with Gasteiger partial charge in [-0.05, 0) is 0 Å². The molecule has 0 spiro atoms. The van der Waals surface area contributed by atoms with E-state index in [4.69, 9.17) is 0 Å². The highest BCUT2D eigenvalue weighted by atomic mass is 16.1. The third-order valence-corrected chi connectivity index (χ3v) is 2.60. The molecule has 2 heteroatoms. The molecule has 0 fully saturated rings. The van der Waals surface area contributed by atoms with Crippen LogP contribution < -0.4 is 0 Å². The molecule has 0 saturated heterocycles. The predicted octanol–water partition coefficient (Wildman–Crippen LogP) is 8.89. The lowest BCUT2D eigenvalue weighted by molar-refractivity contribution is 0.0980. The molecular formula is C26H46O2. The van der Waals surface area contributed by atoms with Crippen molar-refractivity contribution in [2.24, 2.45) is 0 Å². The van der Waals surface area contributed by atoms with Crippen molar-refractivity contribution in [2.45, 2.75) is 83.1 Å². The number of benzene rings is 1. The standard InChI is InChI=1S/C14H10O2.6C2H6/c1-3-9-10(4-2)14(16)12-8-6-5-7-11(12)13(9)15;6*1-2/h3-8H,1-2H2;6*1-2H3. The number of allylic oxidation sites excluding steroid dienone is 4. The second-order valence-electron chi connectivity index (χ2n) is 3.44. The first-order chi connectivity index (χ1) is 13.7. The summed E-state index contributed by atoms with van der Waals surface area (Å²) in [4.78, 5) is 24.1. The van der Waals surface area contributed by atoms with Crippen molar-refractivity contribution in [1.82, 2.24) is 0 Å². The Balaban J connectivity index is -0.000000126. The molecule has 1 aromatic carbocycles. The van der Waals surface area contributed by atoms with Crippen LogP contribution >= 0.6 is 0 Å². The number of hydrogen-bond acceptors (Lipinski definition) is 2. The average Bonchev–Trinajstić information content (AvgIpc) is 2.84. The first-order valence-electron chi connectivity index (χ1n) is 10.9. The fourth-order valence-corrected chi connectivity index (χ4v) is 1.82. The number of Topliss-reactive ketones (excluding diaryl/α,β-unsaturated/α-hetero) is 2. The molecular weight excluding hydrogens is 344 g/mol. The van der Waals surface area contributed by atoms with Gasteiger partial charge in [-0.2, -0.15) is 0 Å². The second kappa shape index (κ2) is 29.5. The zero-order valence-electron chi connectivity index (χ0n) is 20.7. The molecule has 1 aromatic rings. The van der Waals surface area contributed by atoms with Crippen molar-refractivity contribution in [2.75, 3.05) is 0 Å². The van der Waals surface area contributed by atoms with E-state index in [1.165, 1.54) is 12.2 Å². The van der Waals surface area contributed by atoms with Crippen molar-refractivity contribution in [1.29, 1.82) is 0 Å². The maximum atomic E-state index is 12.0. The molecule has 0 aliphatic heterocycles. The van der Waals surface area contributed by atoms with Crippen molar-refractivity contribution in [3.05, 3.63) is 71.8 Å². The highest BCUT2D eigenvalue weighted by Crippen LogP contribution is 2.27. The molecule has 0 aromatic heterocycles. The average molecular weight is 391 g/mol. The van der Waals surface area contributed by atoms with Crippen LogP contribution in [0, 0.1) is 0 Å². The molecule has 0 heterocycles. The Morgan fingerprint density at radius 3 is 0.929 bits per heavy atom. The first-order valence-corrected chi connectivity index (χ1v) is 10.9. The van der Waals surface area contributed by atoms with Crippen LogP contribution in [-0.4, -0.2) is 11.6 Å². The maximum absolute atomic E-state index is 12.0. The summed E-state index contributed by atoms with van der Waals surface area (Å²) in [6, 6.07) is 6.78. The van der Waals surface area contributed by atoms with E-state index in [2.05, 4.69) is 13.2 Å². The minimum atomic E-state index is -0.167. The number of ketones is 2. The molecule has 0 amide bonds. The molecule has 0 radical (unpaired) electrons. The van der Waals surface area contributed by atoms with Gasteiger partial charge in [0.2, 0.25) is 0 Å². The molecule has 2 rings (SSSR count). The Morgan fingerprint density at radius 2 is 0.750 bits per heavy atom. The van der Waals surface area contributed by atoms with E-state index in [1.807, 2.05) is 83.1 Å². The van der Waals surface area contributed by atoms with Crippen molar-refractivity contribution in [3.63, 3.8) is 0 Å². The van der Waals surface area contributed by atoms with Gasteiger partial charge in [0.15, 0.2) is 11.6 Å². The van der Waals surface area contributed by atoms with Crippen LogP contribution in [0.4, 0.5) is 0 Å². The van der Waals surface area contributed by atoms with E-state index >= 15 is 0 Å². The summed E-state index contributed by atoms with van der Waals surface area (Å²) in [5.74, 6) is -0.333. The van der Waals surface area contributed by atoms with Gasteiger partial charge in [-0.15, -0.1) is 0 Å². The number of rotatable bonds is 2. The molecule has 0 saturated carbocycles. The molecule has 1 aliphatic carbocycles. The number of fused-ring (bicyclic) bond motifs is 1. The Labute approximate surface area is 176 Å². The van der Waals surface area contributed by atoms with E-state index in [9.17, 15) is 9.59 Å². The summed E-state index contributed by atoms with van der Waals surface area (Å²) in [7, 11) is 0. The largest absolute Gasteiger partial charge is 0.289 e. The van der Waals surface area contributed by atoms with Crippen LogP contribution in [-0.2, 0) is 0 Å². The molecule has 1 aliphatic rings. The highest BCUT2D eigenvalue weighted by molar-refractivity contribution is 6.28. The molecule has 2 nitrogen and oxygen atoms in total. The summed E-state index contributed by atoms with van der Waals surface area (Å²) in [5.41, 5.74) is 1.54. The van der Waals surface area contributed by atoms with Gasteiger partial charge < -0.3 is 0 Å². The SMILES string of the molecule is C=CC1=C(C=C)C(=O)c2ccccc2C1=O.CC.CC.CC.CC.CC.CC. The summed E-state index contributed by atoms with van der Waals surface area (Å²) >= 11 is 0. The van der Waals surface area contributed by atoms with Crippen molar-refractivity contribution < 1.29 is 9.59 Å². The van der Waals surface area contributed by atoms with Crippen LogP contribution in [0.3, 0.4) is 0 Å². The van der Waals surface area contributed by atoms with Crippen LogP contribution in [0.2, 0.25) is 0 Å². The third kappa shape index (κ3) is 11.5. The fraction of sp³-hybridized carbons (Fsp3) is 0.462. The van der Waals surface area contributed by atoms with Crippen LogP contribution in [0.25, 0.3) is 0 Å². The van der Waals surface area contributed by atoms with Crippen molar-refractivity contribution >= 4 is 11.6 Å². The lowest BCUT2D eigenvalue weighted by atomic mass is 9.84. The van der Waals surface area contributed by atoms with E-state index in [-0.39, 0.29) is 11.6 Å². The molecule has 0 unspecified atom stereocenters. The summed E-state index contributed by atoms with van der Waals surface area (Å²) in [5, 5.41) is 0. The van der Waals surface area contributed by atoms with E-state index in [1.54, 1.807) is 24.3 Å². The number of carbonyl (C=O) groups is 2. The zero-order chi connectivity index (χ0) is 23.7. The Morgan fingerprint density at radius 1 is 0.536 bits per heavy atom. The number of carbonyl (C=O) groups excluding carboxylic acids is 2. The van der Waals surface area contributed by atoms with E-state index in [0.29, 0.717) is 22.3 Å². The van der Waals surface area contributed by atoms with Gasteiger partial charge in [-0.1, -0.05) is 133 Å². The topological polar surface area (TPSA) is 34.1 Å². The third-order valence-electron chi connectivity index (χ3n) is 2.60.